The molecule has 0 aliphatic carbocycles. The fourth-order valence-electron chi connectivity index (χ4n) is 2.16. The molecule has 0 saturated carbocycles. The fourth-order valence-corrected chi connectivity index (χ4v) is 3.51. The molecule has 1 amide bonds. The summed E-state index contributed by atoms with van der Waals surface area (Å²) in [4.78, 5) is 11.9. The van der Waals surface area contributed by atoms with Gasteiger partial charge in [-0.25, -0.2) is 13.1 Å². The summed E-state index contributed by atoms with van der Waals surface area (Å²) in [5.41, 5.74) is 1.95. The molecule has 2 N–H and O–H groups in total. The highest BCUT2D eigenvalue weighted by molar-refractivity contribution is 7.89. The maximum Gasteiger partial charge on any atom is 0.245 e. The van der Waals surface area contributed by atoms with Crippen LogP contribution in [0.5, 0.6) is 0 Å². The van der Waals surface area contributed by atoms with E-state index >= 15 is 0 Å². The monoisotopic (exact) mass is 337 g/mol. The maximum atomic E-state index is 12.2. The zero-order valence-electron chi connectivity index (χ0n) is 13.2. The molecule has 2 rings (SSSR count). The van der Waals surface area contributed by atoms with Gasteiger partial charge in [0.15, 0.2) is 5.76 Å². The lowest BCUT2D eigenvalue weighted by molar-refractivity contribution is -0.116. The van der Waals surface area contributed by atoms with Crippen LogP contribution in [0.15, 0.2) is 33.7 Å². The number of hydrogen-bond acceptors (Lipinski definition) is 5. The number of aromatic nitrogens is 1. The molecular formula is C15H19N3O4S. The molecule has 7 nitrogen and oxygen atoms in total. The first-order chi connectivity index (χ1) is 10.8. The number of hydrogen-bond donors (Lipinski definition) is 2. The van der Waals surface area contributed by atoms with Gasteiger partial charge in [0, 0.05) is 18.7 Å². The van der Waals surface area contributed by atoms with Crippen LogP contribution in [-0.4, -0.2) is 26.0 Å². The molecule has 8 heteroatoms. The van der Waals surface area contributed by atoms with E-state index in [0.717, 1.165) is 5.56 Å². The van der Waals surface area contributed by atoms with E-state index in [2.05, 4.69) is 15.2 Å². The molecule has 1 aromatic carbocycles. The number of para-hydroxylation sites is 1. The quantitative estimate of drug-likeness (QED) is 0.838. The van der Waals surface area contributed by atoms with Gasteiger partial charge in [-0.3, -0.25) is 4.79 Å². The van der Waals surface area contributed by atoms with Crippen molar-refractivity contribution in [2.24, 2.45) is 0 Å². The maximum absolute atomic E-state index is 12.2. The van der Waals surface area contributed by atoms with Gasteiger partial charge in [-0.1, -0.05) is 23.4 Å². The molecule has 2 aromatic rings. The van der Waals surface area contributed by atoms with Crippen molar-refractivity contribution >= 4 is 21.6 Å². The van der Waals surface area contributed by atoms with Crippen LogP contribution >= 0.6 is 0 Å². The van der Waals surface area contributed by atoms with Crippen molar-refractivity contribution in [3.8, 4) is 0 Å². The number of carbonyl (C=O) groups is 1. The first kappa shape index (κ1) is 17.2. The van der Waals surface area contributed by atoms with Crippen LogP contribution in [0.4, 0.5) is 5.69 Å². The lowest BCUT2D eigenvalue weighted by Gasteiger charge is -2.09. The van der Waals surface area contributed by atoms with Crippen molar-refractivity contribution in [3.05, 3.63) is 41.3 Å². The summed E-state index contributed by atoms with van der Waals surface area (Å²) in [6, 6.07) is 7.38. The predicted octanol–water partition coefficient (Wildman–Crippen LogP) is 1.91. The summed E-state index contributed by atoms with van der Waals surface area (Å²) in [7, 11) is -3.74. The van der Waals surface area contributed by atoms with Crippen molar-refractivity contribution in [1.29, 1.82) is 0 Å². The van der Waals surface area contributed by atoms with Crippen LogP contribution in [0.25, 0.3) is 0 Å². The Labute approximate surface area is 135 Å². The average molecular weight is 337 g/mol. The van der Waals surface area contributed by atoms with Gasteiger partial charge in [-0.15, -0.1) is 0 Å². The van der Waals surface area contributed by atoms with Crippen molar-refractivity contribution < 1.29 is 17.7 Å². The standard InChI is InChI=1S/C15H19N3O4S/c1-10-6-4-5-7-13(10)17-14(19)8-9-16-23(20,21)15-11(2)18-22-12(15)3/h4-7,16H,8-9H2,1-3H3,(H,17,19). The Bertz CT molecular complexity index is 792. The first-order valence-corrected chi connectivity index (χ1v) is 8.57. The smallest absolute Gasteiger partial charge is 0.245 e. The van der Waals surface area contributed by atoms with E-state index in [4.69, 9.17) is 4.52 Å². The molecule has 1 heterocycles. The molecular weight excluding hydrogens is 318 g/mol. The number of nitrogens with one attached hydrogen (secondary N) is 2. The van der Waals surface area contributed by atoms with Gasteiger partial charge in [0.25, 0.3) is 0 Å². The van der Waals surface area contributed by atoms with Gasteiger partial charge in [0.05, 0.1) is 0 Å². The minimum atomic E-state index is -3.74. The van der Waals surface area contributed by atoms with Crippen molar-refractivity contribution in [2.75, 3.05) is 11.9 Å². The zero-order valence-corrected chi connectivity index (χ0v) is 14.0. The number of anilines is 1. The second kappa shape index (κ2) is 6.93. The number of aryl methyl sites for hydroxylation is 3. The largest absolute Gasteiger partial charge is 0.360 e. The molecule has 0 aliphatic heterocycles. The van der Waals surface area contributed by atoms with Gasteiger partial charge in [-0.05, 0) is 32.4 Å². The molecule has 0 atom stereocenters. The van der Waals surface area contributed by atoms with E-state index in [1.807, 2.05) is 25.1 Å². The van der Waals surface area contributed by atoms with Gasteiger partial charge in [0.2, 0.25) is 15.9 Å². The topological polar surface area (TPSA) is 101 Å². The Hall–Kier alpha value is -2.19. The van der Waals surface area contributed by atoms with Crippen molar-refractivity contribution in [1.82, 2.24) is 9.88 Å². The Morgan fingerprint density at radius 3 is 2.52 bits per heavy atom. The summed E-state index contributed by atoms with van der Waals surface area (Å²) in [5, 5.41) is 6.37. The highest BCUT2D eigenvalue weighted by Crippen LogP contribution is 2.18. The minimum absolute atomic E-state index is 0.00981. The molecule has 1 aromatic heterocycles. The van der Waals surface area contributed by atoms with Crippen LogP contribution in [-0.2, 0) is 14.8 Å². The number of rotatable bonds is 6. The number of sulfonamides is 1. The molecule has 0 radical (unpaired) electrons. The first-order valence-electron chi connectivity index (χ1n) is 7.09. The summed E-state index contributed by atoms with van der Waals surface area (Å²) >= 11 is 0. The molecule has 0 bridgehead atoms. The van der Waals surface area contributed by atoms with E-state index in [-0.39, 0.29) is 29.5 Å². The Morgan fingerprint density at radius 2 is 1.91 bits per heavy atom. The lowest BCUT2D eigenvalue weighted by Crippen LogP contribution is -2.28. The van der Waals surface area contributed by atoms with Gasteiger partial charge in [-0.2, -0.15) is 0 Å². The van der Waals surface area contributed by atoms with Crippen LogP contribution in [0, 0.1) is 20.8 Å². The van der Waals surface area contributed by atoms with E-state index in [9.17, 15) is 13.2 Å². The average Bonchev–Trinajstić information content (AvgIpc) is 2.81. The third kappa shape index (κ3) is 4.17. The summed E-state index contributed by atoms with van der Waals surface area (Å²) in [5.74, 6) is -0.0416. The second-order valence-corrected chi connectivity index (χ2v) is 6.87. The SMILES string of the molecule is Cc1ccccc1NC(=O)CCNS(=O)(=O)c1c(C)noc1C. The minimum Gasteiger partial charge on any atom is -0.360 e. The lowest BCUT2D eigenvalue weighted by atomic mass is 10.2. The fraction of sp³-hybridized carbons (Fsp3) is 0.333. The van der Waals surface area contributed by atoms with E-state index < -0.39 is 10.0 Å². The Kier molecular flexibility index (Phi) is 5.17. The summed E-state index contributed by atoms with van der Waals surface area (Å²) in [6.45, 7) is 4.95. The van der Waals surface area contributed by atoms with Gasteiger partial charge >= 0.3 is 0 Å². The van der Waals surface area contributed by atoms with Gasteiger partial charge in [0.1, 0.15) is 10.6 Å². The van der Waals surface area contributed by atoms with Crippen LogP contribution in [0.3, 0.4) is 0 Å². The number of carbonyl (C=O) groups excluding carboxylic acids is 1. The Morgan fingerprint density at radius 1 is 1.22 bits per heavy atom. The summed E-state index contributed by atoms with van der Waals surface area (Å²) < 4.78 is 31.6. The predicted molar refractivity (Wildman–Crippen MR) is 85.6 cm³/mol. The van der Waals surface area contributed by atoms with E-state index in [1.165, 1.54) is 6.92 Å². The molecule has 0 fully saturated rings. The molecule has 0 unspecified atom stereocenters. The molecule has 0 spiro atoms. The molecule has 0 saturated heterocycles. The summed E-state index contributed by atoms with van der Waals surface area (Å²) in [6.07, 6.45) is 0.0247. The third-order valence-corrected chi connectivity index (χ3v) is 5.00. The molecule has 23 heavy (non-hydrogen) atoms. The highest BCUT2D eigenvalue weighted by Gasteiger charge is 2.23. The second-order valence-electron chi connectivity index (χ2n) is 5.16. The van der Waals surface area contributed by atoms with Crippen LogP contribution in [0.2, 0.25) is 0 Å². The number of amides is 1. The van der Waals surface area contributed by atoms with Crippen molar-refractivity contribution in [3.63, 3.8) is 0 Å². The normalized spacial score (nSPS) is 11.4. The number of benzene rings is 1. The number of nitrogens with zero attached hydrogens (tertiary/aromatic N) is 1. The Balaban J connectivity index is 1.92. The van der Waals surface area contributed by atoms with Gasteiger partial charge < -0.3 is 9.84 Å². The van der Waals surface area contributed by atoms with Crippen LogP contribution < -0.4 is 10.0 Å². The van der Waals surface area contributed by atoms with Crippen LogP contribution in [0.1, 0.15) is 23.4 Å². The van der Waals surface area contributed by atoms with E-state index in [1.54, 1.807) is 13.0 Å². The highest BCUT2D eigenvalue weighted by atomic mass is 32.2. The third-order valence-electron chi connectivity index (χ3n) is 3.30. The van der Waals surface area contributed by atoms with Crippen molar-refractivity contribution in [2.45, 2.75) is 32.1 Å². The molecule has 124 valence electrons. The molecule has 0 aliphatic rings. The van der Waals surface area contributed by atoms with E-state index in [0.29, 0.717) is 11.4 Å². The zero-order chi connectivity index (χ0) is 17.0.